The lowest BCUT2D eigenvalue weighted by molar-refractivity contribution is 0.103. The minimum absolute atomic E-state index is 0.231. The smallest absolute Gasteiger partial charge is 0.152 e. The minimum atomic E-state index is -2.80. The van der Waals surface area contributed by atoms with Crippen molar-refractivity contribution in [3.8, 4) is 0 Å². The Balaban J connectivity index is 1.83. The molecule has 0 radical (unpaired) electrons. The maximum atomic E-state index is 11.4. The molecule has 0 amide bonds. The lowest BCUT2D eigenvalue weighted by atomic mass is 10.0. The number of ether oxygens (including phenoxy) is 1. The maximum absolute atomic E-state index is 11.4. The van der Waals surface area contributed by atoms with E-state index in [2.05, 4.69) is 5.32 Å². The Hall–Kier alpha value is -0.130. The molecule has 0 spiro atoms. The van der Waals surface area contributed by atoms with E-state index in [4.69, 9.17) is 4.74 Å². The van der Waals surface area contributed by atoms with Gasteiger partial charge >= 0.3 is 0 Å². The van der Waals surface area contributed by atoms with Crippen molar-refractivity contribution in [3.63, 3.8) is 0 Å². The van der Waals surface area contributed by atoms with Crippen LogP contribution in [0.25, 0.3) is 0 Å². The van der Waals surface area contributed by atoms with E-state index in [1.165, 1.54) is 0 Å². The van der Waals surface area contributed by atoms with Crippen LogP contribution >= 0.6 is 0 Å². The van der Waals surface area contributed by atoms with Gasteiger partial charge in [-0.05, 0) is 26.2 Å². The normalized spacial score (nSPS) is 39.7. The zero-order valence-electron chi connectivity index (χ0n) is 9.16. The van der Waals surface area contributed by atoms with Gasteiger partial charge in [0, 0.05) is 18.7 Å². The van der Waals surface area contributed by atoms with Crippen molar-refractivity contribution in [1.29, 1.82) is 0 Å². The molecule has 2 aliphatic rings. The first-order chi connectivity index (χ1) is 6.99. The highest BCUT2D eigenvalue weighted by Gasteiger charge is 2.38. The van der Waals surface area contributed by atoms with Crippen LogP contribution in [0.2, 0.25) is 0 Å². The molecular weight excluding hydrogens is 214 g/mol. The Labute approximate surface area is 91.3 Å². The summed E-state index contributed by atoms with van der Waals surface area (Å²) in [5, 5.41) is 3.35. The van der Waals surface area contributed by atoms with Gasteiger partial charge in [0.1, 0.15) is 0 Å². The van der Waals surface area contributed by atoms with Gasteiger partial charge in [0.05, 0.1) is 17.6 Å². The van der Waals surface area contributed by atoms with Crippen LogP contribution in [0.4, 0.5) is 0 Å². The molecule has 2 atom stereocenters. The van der Waals surface area contributed by atoms with E-state index in [1.807, 2.05) is 6.92 Å². The summed E-state index contributed by atoms with van der Waals surface area (Å²) in [6, 6.07) is 0. The number of nitrogens with one attached hydrogen (secondary N) is 1. The third kappa shape index (κ3) is 2.92. The lowest BCUT2D eigenvalue weighted by Gasteiger charge is -2.25. The number of rotatable bonds is 3. The predicted molar refractivity (Wildman–Crippen MR) is 58.7 cm³/mol. The van der Waals surface area contributed by atoms with Gasteiger partial charge in [-0.25, -0.2) is 8.42 Å². The largest absolute Gasteiger partial charge is 0.377 e. The summed E-state index contributed by atoms with van der Waals surface area (Å²) in [4.78, 5) is 0. The van der Waals surface area contributed by atoms with E-state index in [0.717, 1.165) is 32.4 Å². The third-order valence-electron chi connectivity index (χ3n) is 3.28. The monoisotopic (exact) mass is 233 g/mol. The predicted octanol–water partition coefficient (Wildman–Crippen LogP) is 0.332. The van der Waals surface area contributed by atoms with Crippen LogP contribution in [0.15, 0.2) is 0 Å². The zero-order chi connectivity index (χ0) is 10.9. The molecule has 0 aromatic heterocycles. The fourth-order valence-electron chi connectivity index (χ4n) is 2.32. The van der Waals surface area contributed by atoms with Crippen molar-refractivity contribution >= 4 is 9.84 Å². The first-order valence-corrected chi connectivity index (χ1v) is 7.38. The summed E-state index contributed by atoms with van der Waals surface area (Å²) in [6.45, 7) is 3.62. The van der Waals surface area contributed by atoms with Crippen molar-refractivity contribution in [2.75, 3.05) is 24.7 Å². The van der Waals surface area contributed by atoms with Crippen LogP contribution < -0.4 is 5.32 Å². The second-order valence-electron chi connectivity index (χ2n) is 4.92. The summed E-state index contributed by atoms with van der Waals surface area (Å²) in [6.07, 6.45) is 3.23. The van der Waals surface area contributed by atoms with Gasteiger partial charge in [0.15, 0.2) is 9.84 Å². The highest BCUT2D eigenvalue weighted by Crippen LogP contribution is 2.23. The molecule has 4 nitrogen and oxygen atoms in total. The molecule has 15 heavy (non-hydrogen) atoms. The molecule has 0 saturated carbocycles. The first kappa shape index (κ1) is 11.4. The van der Waals surface area contributed by atoms with Crippen LogP contribution in [0.1, 0.15) is 26.2 Å². The summed E-state index contributed by atoms with van der Waals surface area (Å²) in [5.41, 5.74) is -0.231. The van der Waals surface area contributed by atoms with Crippen LogP contribution in [-0.4, -0.2) is 44.7 Å². The van der Waals surface area contributed by atoms with Crippen molar-refractivity contribution in [3.05, 3.63) is 0 Å². The Morgan fingerprint density at radius 1 is 1.53 bits per heavy atom. The topological polar surface area (TPSA) is 55.4 Å². The van der Waals surface area contributed by atoms with E-state index in [1.54, 1.807) is 0 Å². The summed E-state index contributed by atoms with van der Waals surface area (Å²) in [5.74, 6) is 0.592. The zero-order valence-corrected chi connectivity index (χ0v) is 9.98. The van der Waals surface area contributed by atoms with Gasteiger partial charge in [-0.2, -0.15) is 0 Å². The molecule has 88 valence electrons. The summed E-state index contributed by atoms with van der Waals surface area (Å²) < 4.78 is 28.2. The minimum Gasteiger partial charge on any atom is -0.377 e. The van der Waals surface area contributed by atoms with Crippen LogP contribution in [0.3, 0.4) is 0 Å². The number of hydrogen-bond acceptors (Lipinski definition) is 4. The van der Waals surface area contributed by atoms with Gasteiger partial charge in [-0.1, -0.05) is 0 Å². The molecule has 5 heteroatoms. The molecule has 2 unspecified atom stereocenters. The van der Waals surface area contributed by atoms with E-state index in [9.17, 15) is 8.42 Å². The van der Waals surface area contributed by atoms with Crippen LogP contribution in [0, 0.1) is 0 Å². The van der Waals surface area contributed by atoms with Gasteiger partial charge in [0.25, 0.3) is 0 Å². The quantitative estimate of drug-likeness (QED) is 0.763. The lowest BCUT2D eigenvalue weighted by Crippen LogP contribution is -2.46. The molecule has 0 bridgehead atoms. The van der Waals surface area contributed by atoms with Crippen LogP contribution in [0.5, 0.6) is 0 Å². The van der Waals surface area contributed by atoms with Crippen LogP contribution in [-0.2, 0) is 14.6 Å². The second-order valence-corrected chi connectivity index (χ2v) is 7.10. The average Bonchev–Trinajstić information content (AvgIpc) is 2.71. The van der Waals surface area contributed by atoms with E-state index < -0.39 is 9.84 Å². The summed E-state index contributed by atoms with van der Waals surface area (Å²) >= 11 is 0. The van der Waals surface area contributed by atoms with Crippen molar-refractivity contribution < 1.29 is 13.2 Å². The van der Waals surface area contributed by atoms with Gasteiger partial charge < -0.3 is 10.1 Å². The van der Waals surface area contributed by atoms with Crippen molar-refractivity contribution in [2.45, 2.75) is 37.8 Å². The Kier molecular flexibility index (Phi) is 3.05. The molecule has 0 aromatic carbocycles. The number of sulfone groups is 1. The van der Waals surface area contributed by atoms with E-state index in [-0.39, 0.29) is 17.4 Å². The fraction of sp³-hybridized carbons (Fsp3) is 1.00. The second kappa shape index (κ2) is 4.03. The Morgan fingerprint density at radius 3 is 2.87 bits per heavy atom. The third-order valence-corrected chi connectivity index (χ3v) is 5.19. The van der Waals surface area contributed by atoms with E-state index in [0.29, 0.717) is 5.75 Å². The molecule has 2 rings (SSSR count). The Morgan fingerprint density at radius 2 is 2.33 bits per heavy atom. The van der Waals surface area contributed by atoms with Gasteiger partial charge in [-0.15, -0.1) is 0 Å². The molecule has 0 aliphatic carbocycles. The highest BCUT2D eigenvalue weighted by atomic mass is 32.2. The van der Waals surface area contributed by atoms with Crippen molar-refractivity contribution in [1.82, 2.24) is 5.32 Å². The Bertz CT molecular complexity index is 322. The SMILES string of the molecule is CC1(NCC2CCCO2)CCS(=O)(=O)C1. The van der Waals surface area contributed by atoms with E-state index >= 15 is 0 Å². The highest BCUT2D eigenvalue weighted by molar-refractivity contribution is 7.91. The first-order valence-electron chi connectivity index (χ1n) is 5.56. The molecule has 1 N–H and O–H groups in total. The fourth-order valence-corrected chi connectivity index (χ4v) is 4.44. The molecular formula is C10H19NO3S. The molecule has 2 heterocycles. The van der Waals surface area contributed by atoms with Gasteiger partial charge in [0.2, 0.25) is 0 Å². The standard InChI is InChI=1S/C10H19NO3S/c1-10(4-6-15(12,13)8-10)11-7-9-3-2-5-14-9/h9,11H,2-8H2,1H3. The summed E-state index contributed by atoms with van der Waals surface area (Å²) in [7, 11) is -2.80. The van der Waals surface area contributed by atoms with Gasteiger partial charge in [-0.3, -0.25) is 0 Å². The number of hydrogen-bond donors (Lipinski definition) is 1. The maximum Gasteiger partial charge on any atom is 0.152 e. The molecule has 2 saturated heterocycles. The molecule has 2 aliphatic heterocycles. The van der Waals surface area contributed by atoms with Crippen molar-refractivity contribution in [2.24, 2.45) is 0 Å². The molecule has 0 aromatic rings. The molecule has 2 fully saturated rings. The average molecular weight is 233 g/mol.